The van der Waals surface area contributed by atoms with Crippen LogP contribution in [0.25, 0.3) is 22.3 Å². The van der Waals surface area contributed by atoms with E-state index in [1.807, 2.05) is 11.8 Å². The third-order valence-electron chi connectivity index (χ3n) is 17.0. The van der Waals surface area contributed by atoms with Crippen LogP contribution in [0.2, 0.25) is 0 Å². The second kappa shape index (κ2) is 16.2. The second-order valence-electron chi connectivity index (χ2n) is 25.8. The van der Waals surface area contributed by atoms with E-state index in [1.165, 1.54) is 93.2 Å². The Morgan fingerprint density at radius 1 is 0.307 bits per heavy atom. The molecule has 372 valence electrons. The number of hydrogen-bond donors (Lipinski definition) is 0. The molecule has 4 aliphatic rings. The molecule has 0 unspecified atom stereocenters. The summed E-state index contributed by atoms with van der Waals surface area (Å²) in [5, 5.41) is 0. The molecule has 3 heteroatoms. The minimum atomic E-state index is -0.665. The van der Waals surface area contributed by atoms with Crippen LogP contribution in [-0.4, -0.2) is 0 Å². The lowest BCUT2D eigenvalue weighted by molar-refractivity contribution is 0.436. The van der Waals surface area contributed by atoms with Gasteiger partial charge in [-0.15, -0.1) is 0 Å². The standard InChI is InChI=1S/C72H67NOS/c1-67(2,3)44-26-32-52-53-33-27-45(68(4,5)6)39-58(53)72(57(52)38-44)56-24-18-19-25-63(56)74-64-35-31-50(43-60(64)72)73(48-20-14-13-15-21-48)49-30-34-54-51-22-16-17-23-55(51)71(59(54)42-49)61-40-46(69(7,8)9)28-36-65(61)75-66-37-29-47(41-62(66)71)70(10,11)12/h13-43H,1-12H3. The minimum Gasteiger partial charge on any atom is -0.457 e. The predicted molar refractivity (Wildman–Crippen MR) is 315 cm³/mol. The Labute approximate surface area is 449 Å². The molecule has 0 radical (unpaired) electrons. The van der Waals surface area contributed by atoms with Gasteiger partial charge in [0.1, 0.15) is 11.5 Å². The second-order valence-corrected chi connectivity index (χ2v) is 26.9. The van der Waals surface area contributed by atoms with E-state index < -0.39 is 10.8 Å². The quantitative estimate of drug-likeness (QED) is 0.175. The SMILES string of the molecule is CC(C)(C)c1ccc2c(c1)C1(c3cc(C(C)(C)C)ccc3S2)c2ccccc2-c2ccc(N(c3ccccc3)c3ccc4c(c3)C3(c5ccccc5O4)c4cc(C(C)(C)C)ccc4-c4ccc(C(C)(C)C)cc43)cc21. The molecule has 9 aromatic rings. The average Bonchev–Trinajstić information content (AvgIpc) is 3.96. The summed E-state index contributed by atoms with van der Waals surface area (Å²) in [6.07, 6.45) is 0. The van der Waals surface area contributed by atoms with Crippen LogP contribution in [-0.2, 0) is 32.5 Å². The Balaban J connectivity index is 1.10. The van der Waals surface area contributed by atoms with Gasteiger partial charge >= 0.3 is 0 Å². The van der Waals surface area contributed by atoms with E-state index in [0.717, 1.165) is 34.1 Å². The summed E-state index contributed by atoms with van der Waals surface area (Å²) in [7, 11) is 0. The van der Waals surface area contributed by atoms with Gasteiger partial charge in [-0.3, -0.25) is 0 Å². The van der Waals surface area contributed by atoms with Crippen LogP contribution in [0.5, 0.6) is 11.5 Å². The van der Waals surface area contributed by atoms with E-state index in [9.17, 15) is 0 Å². The maximum Gasteiger partial charge on any atom is 0.132 e. The van der Waals surface area contributed by atoms with Gasteiger partial charge in [0.2, 0.25) is 0 Å². The summed E-state index contributed by atoms with van der Waals surface area (Å²) in [5.41, 5.74) is 22.6. The molecule has 75 heavy (non-hydrogen) atoms. The molecule has 0 aromatic heterocycles. The number of benzene rings is 9. The summed E-state index contributed by atoms with van der Waals surface area (Å²) in [6, 6.07) is 72.5. The summed E-state index contributed by atoms with van der Waals surface area (Å²) in [4.78, 5) is 5.12. The van der Waals surface area contributed by atoms with Crippen molar-refractivity contribution in [3.05, 3.63) is 255 Å². The van der Waals surface area contributed by atoms with Gasteiger partial charge < -0.3 is 9.64 Å². The first-order valence-electron chi connectivity index (χ1n) is 27.0. The first-order valence-corrected chi connectivity index (χ1v) is 27.8. The fourth-order valence-electron chi connectivity index (χ4n) is 13.0. The normalized spacial score (nSPS) is 15.2. The van der Waals surface area contributed by atoms with Crippen LogP contribution in [0.3, 0.4) is 0 Å². The molecule has 9 aromatic carbocycles. The maximum absolute atomic E-state index is 7.12. The molecular formula is C72H67NOS. The highest BCUT2D eigenvalue weighted by molar-refractivity contribution is 7.99. The molecule has 13 rings (SSSR count). The fraction of sp³-hybridized carbons (Fsp3) is 0.250. The molecule has 2 nitrogen and oxygen atoms in total. The highest BCUT2D eigenvalue weighted by Crippen LogP contribution is 2.66. The smallest absolute Gasteiger partial charge is 0.132 e. The van der Waals surface area contributed by atoms with Crippen molar-refractivity contribution >= 4 is 28.8 Å². The number of anilines is 3. The van der Waals surface area contributed by atoms with Crippen LogP contribution in [0.4, 0.5) is 17.1 Å². The Morgan fingerprint density at radius 3 is 1.24 bits per heavy atom. The summed E-state index contributed by atoms with van der Waals surface area (Å²) >= 11 is 1.93. The molecule has 0 N–H and O–H groups in total. The molecule has 0 bridgehead atoms. The molecule has 2 heterocycles. The van der Waals surface area contributed by atoms with Crippen molar-refractivity contribution in [3.63, 3.8) is 0 Å². The first kappa shape index (κ1) is 47.6. The molecule has 2 aliphatic carbocycles. The van der Waals surface area contributed by atoms with E-state index in [4.69, 9.17) is 4.74 Å². The molecule has 0 amide bonds. The summed E-state index contributed by atoms with van der Waals surface area (Å²) in [6.45, 7) is 28.1. The van der Waals surface area contributed by atoms with Crippen molar-refractivity contribution in [3.8, 4) is 33.8 Å². The van der Waals surface area contributed by atoms with Crippen molar-refractivity contribution in [2.24, 2.45) is 0 Å². The lowest BCUT2D eigenvalue weighted by atomic mass is 9.65. The van der Waals surface area contributed by atoms with E-state index in [0.29, 0.717) is 0 Å². The van der Waals surface area contributed by atoms with E-state index in [-0.39, 0.29) is 21.7 Å². The van der Waals surface area contributed by atoms with Crippen molar-refractivity contribution in [1.29, 1.82) is 0 Å². The molecule has 0 saturated heterocycles. The predicted octanol–water partition coefficient (Wildman–Crippen LogP) is 19.6. The van der Waals surface area contributed by atoms with Crippen LogP contribution in [0, 0.1) is 0 Å². The van der Waals surface area contributed by atoms with Crippen LogP contribution in [0.15, 0.2) is 198 Å². The first-order chi connectivity index (χ1) is 35.7. The van der Waals surface area contributed by atoms with Crippen LogP contribution < -0.4 is 9.64 Å². The van der Waals surface area contributed by atoms with Crippen molar-refractivity contribution in [1.82, 2.24) is 0 Å². The third-order valence-corrected chi connectivity index (χ3v) is 18.2. The van der Waals surface area contributed by atoms with Gasteiger partial charge in [0.05, 0.1) is 10.8 Å². The third kappa shape index (κ3) is 6.99. The summed E-state index contributed by atoms with van der Waals surface area (Å²) in [5.74, 6) is 1.78. The summed E-state index contributed by atoms with van der Waals surface area (Å²) < 4.78 is 7.12. The monoisotopic (exact) mass is 993 g/mol. The number of rotatable bonds is 3. The van der Waals surface area contributed by atoms with Crippen molar-refractivity contribution < 1.29 is 4.74 Å². The number of para-hydroxylation sites is 2. The van der Waals surface area contributed by atoms with Crippen LogP contribution in [0.1, 0.15) is 150 Å². The molecule has 2 aliphatic heterocycles. The Bertz CT molecular complexity index is 3700. The zero-order chi connectivity index (χ0) is 52.2. The van der Waals surface area contributed by atoms with Gasteiger partial charge in [-0.25, -0.2) is 0 Å². The van der Waals surface area contributed by atoms with Crippen LogP contribution >= 0.6 is 11.8 Å². The fourth-order valence-corrected chi connectivity index (χ4v) is 14.2. The zero-order valence-electron chi connectivity index (χ0n) is 45.7. The highest BCUT2D eigenvalue weighted by Gasteiger charge is 2.54. The van der Waals surface area contributed by atoms with Gasteiger partial charge in [0.15, 0.2) is 0 Å². The topological polar surface area (TPSA) is 12.5 Å². The molecular weight excluding hydrogens is 927 g/mol. The van der Waals surface area contributed by atoms with E-state index >= 15 is 0 Å². The number of hydrogen-bond acceptors (Lipinski definition) is 3. The largest absolute Gasteiger partial charge is 0.457 e. The maximum atomic E-state index is 7.12. The Morgan fingerprint density at radius 2 is 0.693 bits per heavy atom. The minimum absolute atomic E-state index is 0.0433. The Kier molecular flexibility index (Phi) is 10.3. The number of fused-ring (bicyclic) bond motifs is 18. The van der Waals surface area contributed by atoms with Crippen molar-refractivity contribution in [2.75, 3.05) is 4.90 Å². The molecule has 2 spiro atoms. The van der Waals surface area contributed by atoms with E-state index in [1.54, 1.807) is 0 Å². The van der Waals surface area contributed by atoms with Crippen molar-refractivity contribution in [2.45, 2.75) is 125 Å². The number of ether oxygens (including phenoxy) is 1. The van der Waals surface area contributed by atoms with E-state index in [2.05, 4.69) is 276 Å². The molecule has 0 saturated carbocycles. The van der Waals surface area contributed by atoms with Gasteiger partial charge in [0.25, 0.3) is 0 Å². The Hall–Kier alpha value is -7.07. The molecule has 0 atom stereocenters. The van der Waals surface area contributed by atoms with Gasteiger partial charge in [-0.2, -0.15) is 0 Å². The van der Waals surface area contributed by atoms with Gasteiger partial charge in [-0.1, -0.05) is 222 Å². The highest BCUT2D eigenvalue weighted by atomic mass is 32.2. The average molecular weight is 994 g/mol. The molecule has 0 fully saturated rings. The zero-order valence-corrected chi connectivity index (χ0v) is 46.5. The number of nitrogens with zero attached hydrogens (tertiary/aromatic N) is 1. The lowest BCUT2D eigenvalue weighted by Crippen LogP contribution is -2.33. The van der Waals surface area contributed by atoms with Gasteiger partial charge in [-0.05, 0) is 160 Å². The van der Waals surface area contributed by atoms with Gasteiger partial charge in [0, 0.05) is 38.0 Å². The lowest BCUT2D eigenvalue weighted by Gasteiger charge is -2.42.